The second-order valence-corrected chi connectivity index (χ2v) is 4.32. The Morgan fingerprint density at radius 2 is 2.17 bits per heavy atom. The number of azide groups is 1. The molecule has 1 aromatic carbocycles. The van der Waals surface area contributed by atoms with Crippen LogP contribution in [-0.2, 0) is 0 Å². The Labute approximate surface area is 110 Å². The number of aliphatic hydroxyl groups excluding tert-OH is 2. The summed E-state index contributed by atoms with van der Waals surface area (Å²) in [7, 11) is 0. The van der Waals surface area contributed by atoms with Crippen molar-refractivity contribution in [2.45, 2.75) is 12.2 Å². The minimum absolute atomic E-state index is 0.0577. The average Bonchev–Trinajstić information content (AvgIpc) is 2.34. The minimum Gasteiger partial charge on any atom is -0.478 e. The molecule has 1 aromatic rings. The molecule has 0 aliphatic carbocycles. The molecule has 2 unspecified atom stereocenters. The van der Waals surface area contributed by atoms with E-state index in [2.05, 4.69) is 26.0 Å². The number of hydrogen-bond donors (Lipinski definition) is 3. The fourth-order valence-electron chi connectivity index (χ4n) is 1.33. The Hall–Kier alpha value is -1.60. The molecule has 7 nitrogen and oxygen atoms in total. The molecule has 1 rings (SSSR count). The van der Waals surface area contributed by atoms with Crippen molar-refractivity contribution < 1.29 is 20.1 Å². The molecule has 0 saturated heterocycles. The standard InChI is InChI=1S/C10H10BrN3O4/c11-7-3-5(10(17)18)1-2-6(7)9(16)8(15)4-13-14-12/h1-3,8-9,15-16H,4H2,(H,17,18). The Morgan fingerprint density at radius 1 is 1.50 bits per heavy atom. The van der Waals surface area contributed by atoms with Gasteiger partial charge in [-0.25, -0.2) is 4.79 Å². The van der Waals surface area contributed by atoms with Crippen LogP contribution in [0.15, 0.2) is 27.8 Å². The van der Waals surface area contributed by atoms with Crippen LogP contribution in [0.25, 0.3) is 10.4 Å². The molecule has 2 atom stereocenters. The number of aliphatic hydroxyl groups is 2. The average molecular weight is 316 g/mol. The zero-order chi connectivity index (χ0) is 13.7. The molecular weight excluding hydrogens is 306 g/mol. The number of hydrogen-bond acceptors (Lipinski definition) is 4. The molecular formula is C10H10BrN3O4. The van der Waals surface area contributed by atoms with Crippen LogP contribution < -0.4 is 0 Å². The molecule has 0 fully saturated rings. The summed E-state index contributed by atoms with van der Waals surface area (Å²) < 4.78 is 0.356. The molecule has 0 aliphatic heterocycles. The van der Waals surface area contributed by atoms with Crippen molar-refractivity contribution in [1.82, 2.24) is 0 Å². The molecule has 0 heterocycles. The maximum absolute atomic E-state index is 10.7. The first-order valence-electron chi connectivity index (χ1n) is 4.87. The number of benzene rings is 1. The first-order valence-corrected chi connectivity index (χ1v) is 5.66. The molecule has 8 heteroatoms. The molecule has 3 N–H and O–H groups in total. The summed E-state index contributed by atoms with van der Waals surface area (Å²) in [5.41, 5.74) is 8.49. The van der Waals surface area contributed by atoms with Crippen molar-refractivity contribution in [2.24, 2.45) is 5.11 Å². The largest absolute Gasteiger partial charge is 0.478 e. The van der Waals surface area contributed by atoms with E-state index in [1.807, 2.05) is 0 Å². The van der Waals surface area contributed by atoms with Gasteiger partial charge < -0.3 is 15.3 Å². The SMILES string of the molecule is [N-]=[N+]=NCC(O)C(O)c1ccc(C(=O)O)cc1Br. The third-order valence-electron chi connectivity index (χ3n) is 2.26. The van der Waals surface area contributed by atoms with Gasteiger partial charge in [-0.05, 0) is 23.2 Å². The fraction of sp³-hybridized carbons (Fsp3) is 0.300. The zero-order valence-corrected chi connectivity index (χ0v) is 10.6. The number of nitrogens with zero attached hydrogens (tertiary/aromatic N) is 3. The Bertz CT molecular complexity index is 502. The van der Waals surface area contributed by atoms with Gasteiger partial charge in [-0.3, -0.25) is 0 Å². The highest BCUT2D eigenvalue weighted by molar-refractivity contribution is 9.10. The molecule has 0 aromatic heterocycles. The Kier molecular flexibility index (Phi) is 5.11. The van der Waals surface area contributed by atoms with Crippen molar-refractivity contribution in [3.63, 3.8) is 0 Å². The normalized spacial score (nSPS) is 13.5. The molecule has 18 heavy (non-hydrogen) atoms. The summed E-state index contributed by atoms with van der Waals surface area (Å²) in [4.78, 5) is 13.2. The van der Waals surface area contributed by atoms with Crippen LogP contribution in [-0.4, -0.2) is 33.9 Å². The monoisotopic (exact) mass is 315 g/mol. The van der Waals surface area contributed by atoms with Gasteiger partial charge in [0.25, 0.3) is 0 Å². The van der Waals surface area contributed by atoms with Gasteiger partial charge >= 0.3 is 5.97 Å². The Balaban J connectivity index is 2.95. The second-order valence-electron chi connectivity index (χ2n) is 3.47. The van der Waals surface area contributed by atoms with E-state index in [1.165, 1.54) is 18.2 Å². The maximum Gasteiger partial charge on any atom is 0.335 e. The third kappa shape index (κ3) is 3.44. The van der Waals surface area contributed by atoms with Crippen molar-refractivity contribution in [3.8, 4) is 0 Å². The van der Waals surface area contributed by atoms with E-state index in [1.54, 1.807) is 0 Å². The van der Waals surface area contributed by atoms with Crippen molar-refractivity contribution in [3.05, 3.63) is 44.2 Å². The lowest BCUT2D eigenvalue weighted by molar-refractivity contribution is 0.0239. The van der Waals surface area contributed by atoms with Crippen molar-refractivity contribution >= 4 is 21.9 Å². The van der Waals surface area contributed by atoms with Crippen LogP contribution in [0.3, 0.4) is 0 Å². The van der Waals surface area contributed by atoms with E-state index in [-0.39, 0.29) is 12.1 Å². The highest BCUT2D eigenvalue weighted by Crippen LogP contribution is 2.27. The summed E-state index contributed by atoms with van der Waals surface area (Å²) in [5.74, 6) is -1.09. The third-order valence-corrected chi connectivity index (χ3v) is 2.95. The van der Waals surface area contributed by atoms with Crippen LogP contribution >= 0.6 is 15.9 Å². The van der Waals surface area contributed by atoms with Gasteiger partial charge in [0, 0.05) is 9.38 Å². The maximum atomic E-state index is 10.7. The van der Waals surface area contributed by atoms with Crippen LogP contribution in [0, 0.1) is 0 Å². The van der Waals surface area contributed by atoms with Gasteiger partial charge in [0.15, 0.2) is 0 Å². The first kappa shape index (κ1) is 14.5. The van der Waals surface area contributed by atoms with E-state index >= 15 is 0 Å². The lowest BCUT2D eigenvalue weighted by Gasteiger charge is -2.17. The molecule has 0 spiro atoms. The Morgan fingerprint density at radius 3 is 2.67 bits per heavy atom. The molecule has 0 bridgehead atoms. The predicted molar refractivity (Wildman–Crippen MR) is 66.1 cm³/mol. The topological polar surface area (TPSA) is 127 Å². The lowest BCUT2D eigenvalue weighted by atomic mass is 10.0. The number of carboxylic acid groups (broad SMARTS) is 1. The first-order chi connectivity index (χ1) is 8.47. The lowest BCUT2D eigenvalue weighted by Crippen LogP contribution is -2.21. The molecule has 96 valence electrons. The number of aromatic carboxylic acids is 1. The number of carbonyl (C=O) groups is 1. The van der Waals surface area contributed by atoms with Gasteiger partial charge in [-0.2, -0.15) is 0 Å². The number of halogens is 1. The molecule has 0 saturated carbocycles. The summed E-state index contributed by atoms with van der Waals surface area (Å²) in [6, 6.07) is 4.02. The zero-order valence-electron chi connectivity index (χ0n) is 9.06. The van der Waals surface area contributed by atoms with Crippen molar-refractivity contribution in [1.29, 1.82) is 0 Å². The minimum atomic E-state index is -1.27. The smallest absolute Gasteiger partial charge is 0.335 e. The molecule has 0 radical (unpaired) electrons. The highest BCUT2D eigenvalue weighted by atomic mass is 79.9. The fourth-order valence-corrected chi connectivity index (χ4v) is 1.94. The number of carboxylic acids is 1. The van der Waals surface area contributed by atoms with Crippen LogP contribution in [0.5, 0.6) is 0 Å². The van der Waals surface area contributed by atoms with Gasteiger partial charge in [0.05, 0.1) is 18.2 Å². The second kappa shape index (κ2) is 6.36. The summed E-state index contributed by atoms with van der Waals surface area (Å²) in [6.45, 7) is -0.273. The van der Waals surface area contributed by atoms with E-state index < -0.39 is 18.2 Å². The summed E-state index contributed by atoms with van der Waals surface area (Å²) in [6.07, 6.45) is -2.53. The van der Waals surface area contributed by atoms with E-state index in [0.717, 1.165) is 0 Å². The van der Waals surface area contributed by atoms with Gasteiger partial charge in [0.1, 0.15) is 6.10 Å². The van der Waals surface area contributed by atoms with E-state index in [0.29, 0.717) is 10.0 Å². The predicted octanol–water partition coefficient (Wildman–Crippen LogP) is 1.85. The summed E-state index contributed by atoms with van der Waals surface area (Å²) >= 11 is 3.11. The van der Waals surface area contributed by atoms with Crippen LogP contribution in [0.2, 0.25) is 0 Å². The van der Waals surface area contributed by atoms with Gasteiger partial charge in [-0.1, -0.05) is 27.1 Å². The summed E-state index contributed by atoms with van der Waals surface area (Å²) in [5, 5.41) is 31.3. The van der Waals surface area contributed by atoms with Crippen molar-refractivity contribution in [2.75, 3.05) is 6.54 Å². The van der Waals surface area contributed by atoms with Crippen LogP contribution in [0.4, 0.5) is 0 Å². The number of rotatable bonds is 5. The van der Waals surface area contributed by atoms with E-state index in [4.69, 9.17) is 10.6 Å². The highest BCUT2D eigenvalue weighted by Gasteiger charge is 2.20. The van der Waals surface area contributed by atoms with Gasteiger partial charge in [-0.15, -0.1) is 0 Å². The van der Waals surface area contributed by atoms with Gasteiger partial charge in [0.2, 0.25) is 0 Å². The quantitative estimate of drug-likeness (QED) is 0.435. The van der Waals surface area contributed by atoms with Crippen LogP contribution in [0.1, 0.15) is 22.0 Å². The van der Waals surface area contributed by atoms with E-state index in [9.17, 15) is 15.0 Å². The molecule has 0 aliphatic rings. The molecule has 0 amide bonds.